The van der Waals surface area contributed by atoms with Crippen LogP contribution >= 0.6 is 0 Å². The standard InChI is InChI=1S/C22H16N4O5/c27-19-9-11-21(29)25(23-19)13-15-1-5-17(6-2-15)31-18-7-3-16(4-8-18)14-26-22(30)12-10-20(28)24-26/h1-12H,13-14H2/q+2. The smallest absolute Gasteiger partial charge is 0.437 e. The molecule has 2 heterocycles. The Morgan fingerprint density at radius 1 is 0.581 bits per heavy atom. The first-order valence-corrected chi connectivity index (χ1v) is 9.32. The molecule has 2 aromatic rings. The monoisotopic (exact) mass is 416 g/mol. The molecule has 0 fully saturated rings. The van der Waals surface area contributed by atoms with Gasteiger partial charge in [-0.05, 0) is 57.9 Å². The maximum absolute atomic E-state index is 11.8. The molecule has 0 saturated heterocycles. The van der Waals surface area contributed by atoms with Gasteiger partial charge in [-0.15, -0.1) is 0 Å². The van der Waals surface area contributed by atoms with E-state index in [0.29, 0.717) is 11.5 Å². The van der Waals surface area contributed by atoms with Gasteiger partial charge in [0, 0.05) is 33.5 Å². The molecule has 0 bridgehead atoms. The molecule has 4 rings (SSSR count). The Morgan fingerprint density at radius 3 is 1.35 bits per heavy atom. The van der Waals surface area contributed by atoms with Crippen LogP contribution in [0, 0.1) is 0 Å². The van der Waals surface area contributed by atoms with Gasteiger partial charge >= 0.3 is 23.6 Å². The van der Waals surface area contributed by atoms with E-state index in [0.717, 1.165) is 32.7 Å². The van der Waals surface area contributed by atoms with Crippen molar-refractivity contribution in [1.82, 2.24) is 0 Å². The summed E-state index contributed by atoms with van der Waals surface area (Å²) in [7, 11) is 0. The zero-order valence-corrected chi connectivity index (χ0v) is 16.2. The Labute approximate surface area is 176 Å². The Morgan fingerprint density at radius 2 is 0.968 bits per heavy atom. The number of azo groups is 4. The first-order valence-electron chi connectivity index (χ1n) is 9.32. The Kier molecular flexibility index (Phi) is 5.48. The van der Waals surface area contributed by atoms with Gasteiger partial charge < -0.3 is 4.74 Å². The van der Waals surface area contributed by atoms with Crippen LogP contribution in [0.5, 0.6) is 11.5 Å². The van der Waals surface area contributed by atoms with Gasteiger partial charge in [0.2, 0.25) is 13.1 Å². The number of benzene rings is 2. The zero-order valence-electron chi connectivity index (χ0n) is 16.2. The van der Waals surface area contributed by atoms with Gasteiger partial charge in [-0.2, -0.15) is 0 Å². The Balaban J connectivity index is 1.37. The lowest BCUT2D eigenvalue weighted by Crippen LogP contribution is -2.21. The summed E-state index contributed by atoms with van der Waals surface area (Å²) in [6.45, 7) is 0.365. The van der Waals surface area contributed by atoms with Crippen molar-refractivity contribution in [3.05, 3.63) is 84.0 Å². The average molecular weight is 416 g/mol. The number of amides is 4. The van der Waals surface area contributed by atoms with Gasteiger partial charge in [-0.1, -0.05) is 0 Å². The summed E-state index contributed by atoms with van der Waals surface area (Å²) < 4.78 is 8.03. The van der Waals surface area contributed by atoms with E-state index in [-0.39, 0.29) is 24.9 Å². The van der Waals surface area contributed by atoms with Crippen LogP contribution in [0.15, 0.2) is 83.1 Å². The topological polar surface area (TPSA) is 108 Å². The summed E-state index contributed by atoms with van der Waals surface area (Å²) in [5, 5.41) is 7.36. The number of nitrogens with zero attached hydrogens (tertiary/aromatic N) is 4. The van der Waals surface area contributed by atoms with Crippen molar-refractivity contribution in [2.24, 2.45) is 10.2 Å². The molecule has 0 spiro atoms. The first kappa shape index (κ1) is 19.9. The molecule has 2 aliphatic rings. The van der Waals surface area contributed by atoms with E-state index in [2.05, 4.69) is 10.2 Å². The van der Waals surface area contributed by atoms with Crippen LogP contribution in [-0.4, -0.2) is 33.0 Å². The first-order chi connectivity index (χ1) is 15.0. The van der Waals surface area contributed by atoms with Crippen LogP contribution in [0.1, 0.15) is 11.1 Å². The van der Waals surface area contributed by atoms with Crippen LogP contribution in [0.25, 0.3) is 0 Å². The second-order valence-corrected chi connectivity index (χ2v) is 6.72. The van der Waals surface area contributed by atoms with Gasteiger partial charge in [0.15, 0.2) is 0 Å². The van der Waals surface area contributed by atoms with Gasteiger partial charge in [-0.25, -0.2) is 9.59 Å². The molecule has 9 heteroatoms. The highest BCUT2D eigenvalue weighted by Gasteiger charge is 2.24. The van der Waals surface area contributed by atoms with Gasteiger partial charge in [0.1, 0.15) is 11.5 Å². The van der Waals surface area contributed by atoms with Gasteiger partial charge in [0.05, 0.1) is 12.2 Å². The Hall–Kier alpha value is -4.40. The van der Waals surface area contributed by atoms with Crippen LogP contribution in [0.2, 0.25) is 0 Å². The summed E-state index contributed by atoms with van der Waals surface area (Å²) in [5.74, 6) is -0.453. The van der Waals surface area contributed by atoms with E-state index in [1.54, 1.807) is 48.5 Å². The third-order valence-corrected chi connectivity index (χ3v) is 4.43. The number of carbonyl (C=O) groups excluding carboxylic acids is 4. The lowest BCUT2D eigenvalue weighted by Gasteiger charge is -2.07. The SMILES string of the molecule is O=C1C=CC(=O)[N+](Cc2ccc(Oc3ccc(C[N+]4=NC(=O)C=CC4=O)cc3)cc2)=N1. The molecule has 0 aromatic heterocycles. The number of hydrogen-bond acceptors (Lipinski definition) is 5. The molecule has 152 valence electrons. The van der Waals surface area contributed by atoms with E-state index in [4.69, 9.17) is 4.74 Å². The van der Waals surface area contributed by atoms with Crippen LogP contribution in [0.3, 0.4) is 0 Å². The maximum atomic E-state index is 11.8. The predicted octanol–water partition coefficient (Wildman–Crippen LogP) is 2.65. The highest BCUT2D eigenvalue weighted by atomic mass is 16.5. The van der Waals surface area contributed by atoms with E-state index >= 15 is 0 Å². The van der Waals surface area contributed by atoms with Crippen molar-refractivity contribution >= 4 is 23.6 Å². The Bertz CT molecular complexity index is 1110. The minimum Gasteiger partial charge on any atom is -0.457 e. The third kappa shape index (κ3) is 4.96. The summed E-state index contributed by atoms with van der Waals surface area (Å²) in [6, 6.07) is 14.1. The maximum Gasteiger partial charge on any atom is 0.437 e. The minimum atomic E-state index is -0.468. The number of carbonyl (C=O) groups is 4. The van der Waals surface area contributed by atoms with Crippen molar-refractivity contribution in [2.45, 2.75) is 13.1 Å². The second kappa shape index (κ2) is 8.54. The summed E-state index contributed by atoms with van der Waals surface area (Å²) >= 11 is 0. The lowest BCUT2D eigenvalue weighted by atomic mass is 10.2. The van der Waals surface area contributed by atoms with Crippen molar-refractivity contribution in [3.63, 3.8) is 0 Å². The molecule has 0 saturated carbocycles. The average Bonchev–Trinajstić information content (AvgIpc) is 2.76. The largest absolute Gasteiger partial charge is 0.457 e. The van der Waals surface area contributed by atoms with Crippen LogP contribution < -0.4 is 4.74 Å². The summed E-state index contributed by atoms with van der Waals surface area (Å²) in [4.78, 5) is 46.2. The van der Waals surface area contributed by atoms with E-state index in [1.165, 1.54) is 12.2 Å². The van der Waals surface area contributed by atoms with Crippen LogP contribution in [-0.2, 0) is 32.3 Å². The molecule has 31 heavy (non-hydrogen) atoms. The highest BCUT2D eigenvalue weighted by Crippen LogP contribution is 2.23. The number of rotatable bonds is 6. The fourth-order valence-electron chi connectivity index (χ4n) is 2.89. The third-order valence-electron chi connectivity index (χ3n) is 4.43. The molecule has 0 atom stereocenters. The normalized spacial score (nSPS) is 15.7. The van der Waals surface area contributed by atoms with E-state index in [1.807, 2.05) is 0 Å². The molecular formula is C22H16N4O5+2. The summed E-state index contributed by atoms with van der Waals surface area (Å²) in [5.41, 5.74) is 1.59. The number of ether oxygens (including phenoxy) is 1. The fraction of sp³-hybridized carbons (Fsp3) is 0.0909. The fourth-order valence-corrected chi connectivity index (χ4v) is 2.89. The molecule has 0 unspecified atom stereocenters. The minimum absolute atomic E-state index is 0.182. The van der Waals surface area contributed by atoms with Crippen LogP contribution in [0.4, 0.5) is 0 Å². The van der Waals surface area contributed by atoms with Gasteiger partial charge in [0.25, 0.3) is 0 Å². The zero-order chi connectivity index (χ0) is 21.8. The molecule has 4 amide bonds. The quantitative estimate of drug-likeness (QED) is 0.673. The molecule has 2 aromatic carbocycles. The molecule has 2 aliphatic heterocycles. The van der Waals surface area contributed by atoms with Crippen molar-refractivity contribution in [2.75, 3.05) is 0 Å². The molecule has 0 N–H and O–H groups in total. The lowest BCUT2D eigenvalue weighted by molar-refractivity contribution is -0.521. The molecular weight excluding hydrogens is 400 g/mol. The number of hydrogen-bond donors (Lipinski definition) is 0. The summed E-state index contributed by atoms with van der Waals surface area (Å²) in [6.07, 6.45) is 4.66. The van der Waals surface area contributed by atoms with E-state index < -0.39 is 11.8 Å². The van der Waals surface area contributed by atoms with Crippen molar-refractivity contribution in [1.29, 1.82) is 0 Å². The van der Waals surface area contributed by atoms with E-state index in [9.17, 15) is 19.2 Å². The molecule has 0 radical (unpaired) electrons. The second-order valence-electron chi connectivity index (χ2n) is 6.72. The highest BCUT2D eigenvalue weighted by molar-refractivity contribution is 5.96. The van der Waals surface area contributed by atoms with Crippen molar-refractivity contribution in [3.8, 4) is 11.5 Å². The molecule has 9 nitrogen and oxygen atoms in total. The van der Waals surface area contributed by atoms with Crippen molar-refractivity contribution < 1.29 is 33.3 Å². The molecule has 0 aliphatic carbocycles. The van der Waals surface area contributed by atoms with Gasteiger partial charge in [-0.3, -0.25) is 9.59 Å². The predicted molar refractivity (Wildman–Crippen MR) is 104 cm³/mol.